The van der Waals surface area contributed by atoms with Gasteiger partial charge in [-0.3, -0.25) is 9.59 Å². The third-order valence-corrected chi connectivity index (χ3v) is 3.74. The molecule has 4 nitrogen and oxygen atoms in total. The van der Waals surface area contributed by atoms with Crippen LogP contribution in [0.25, 0.3) is 0 Å². The topological polar surface area (TPSA) is 55.4 Å². The average molecular weight is 365 g/mol. The lowest BCUT2D eigenvalue weighted by Crippen LogP contribution is -2.24. The smallest absolute Gasteiger partial charge is 0.416 e. The van der Waals surface area contributed by atoms with Crippen LogP contribution in [0, 0.1) is 0 Å². The number of ether oxygens (including phenoxy) is 1. The van der Waals surface area contributed by atoms with E-state index in [1.807, 2.05) is 25.1 Å². The van der Waals surface area contributed by atoms with Crippen molar-refractivity contribution in [3.05, 3.63) is 65.7 Å². The van der Waals surface area contributed by atoms with Crippen molar-refractivity contribution in [2.75, 3.05) is 11.9 Å². The van der Waals surface area contributed by atoms with Crippen LogP contribution in [0.4, 0.5) is 18.9 Å². The Hall–Kier alpha value is -2.83. The largest absolute Gasteiger partial charge is 0.455 e. The zero-order valence-electron chi connectivity index (χ0n) is 14.0. The van der Waals surface area contributed by atoms with Crippen molar-refractivity contribution < 1.29 is 27.5 Å². The van der Waals surface area contributed by atoms with Gasteiger partial charge in [0.05, 0.1) is 11.5 Å². The number of esters is 1. The number of rotatable bonds is 6. The molecule has 0 aromatic heterocycles. The molecule has 0 saturated heterocycles. The first-order valence-electron chi connectivity index (χ1n) is 8.00. The SMILES string of the molecule is CC[C@@H](C(=O)OCC(=O)Nc1ccc(C(F)(F)F)cc1)c1ccccc1. The van der Waals surface area contributed by atoms with E-state index in [-0.39, 0.29) is 5.69 Å². The monoisotopic (exact) mass is 365 g/mol. The second-order valence-corrected chi connectivity index (χ2v) is 5.60. The first-order valence-corrected chi connectivity index (χ1v) is 8.00. The Morgan fingerprint density at radius 3 is 2.19 bits per heavy atom. The maximum absolute atomic E-state index is 12.5. The van der Waals surface area contributed by atoms with E-state index in [1.165, 1.54) is 0 Å². The van der Waals surface area contributed by atoms with Gasteiger partial charge < -0.3 is 10.1 Å². The molecule has 0 unspecified atom stereocenters. The summed E-state index contributed by atoms with van der Waals surface area (Å²) in [6.45, 7) is 1.32. The number of benzene rings is 2. The number of halogens is 3. The summed E-state index contributed by atoms with van der Waals surface area (Å²) in [5, 5.41) is 2.39. The van der Waals surface area contributed by atoms with Gasteiger partial charge in [0, 0.05) is 5.69 Å². The Morgan fingerprint density at radius 1 is 1.04 bits per heavy atom. The van der Waals surface area contributed by atoms with Gasteiger partial charge in [0.2, 0.25) is 0 Å². The van der Waals surface area contributed by atoms with Crippen LogP contribution in [0.3, 0.4) is 0 Å². The van der Waals surface area contributed by atoms with Crippen LogP contribution in [0.1, 0.15) is 30.4 Å². The molecule has 0 heterocycles. The molecule has 2 aromatic carbocycles. The molecule has 1 N–H and O–H groups in total. The van der Waals surface area contributed by atoms with Crippen molar-refractivity contribution >= 4 is 17.6 Å². The maximum Gasteiger partial charge on any atom is 0.416 e. The molecule has 2 aromatic rings. The van der Waals surface area contributed by atoms with E-state index in [1.54, 1.807) is 12.1 Å². The van der Waals surface area contributed by atoms with Crippen molar-refractivity contribution in [1.29, 1.82) is 0 Å². The van der Waals surface area contributed by atoms with E-state index in [2.05, 4.69) is 5.32 Å². The van der Waals surface area contributed by atoms with Gasteiger partial charge in [-0.2, -0.15) is 13.2 Å². The quantitative estimate of drug-likeness (QED) is 0.773. The molecule has 0 aliphatic carbocycles. The van der Waals surface area contributed by atoms with Crippen molar-refractivity contribution in [2.24, 2.45) is 0 Å². The van der Waals surface area contributed by atoms with E-state index in [9.17, 15) is 22.8 Å². The molecule has 0 aliphatic rings. The van der Waals surface area contributed by atoms with E-state index >= 15 is 0 Å². The van der Waals surface area contributed by atoms with Gasteiger partial charge in [0.25, 0.3) is 5.91 Å². The second kappa shape index (κ2) is 8.51. The van der Waals surface area contributed by atoms with Crippen molar-refractivity contribution in [1.82, 2.24) is 0 Å². The molecule has 0 saturated carbocycles. The fourth-order valence-corrected chi connectivity index (χ4v) is 2.40. The Bertz CT molecular complexity index is 743. The van der Waals surface area contributed by atoms with Crippen LogP contribution in [0.5, 0.6) is 0 Å². The summed E-state index contributed by atoms with van der Waals surface area (Å²) >= 11 is 0. The Balaban J connectivity index is 1.89. The molecule has 1 amide bonds. The highest BCUT2D eigenvalue weighted by Gasteiger charge is 2.30. The van der Waals surface area contributed by atoms with Gasteiger partial charge in [-0.25, -0.2) is 0 Å². The Labute approximate surface area is 149 Å². The van der Waals surface area contributed by atoms with E-state index in [4.69, 9.17) is 4.74 Å². The predicted molar refractivity (Wildman–Crippen MR) is 90.5 cm³/mol. The zero-order chi connectivity index (χ0) is 19.2. The zero-order valence-corrected chi connectivity index (χ0v) is 14.0. The van der Waals surface area contributed by atoms with Crippen LogP contribution >= 0.6 is 0 Å². The lowest BCUT2D eigenvalue weighted by Gasteiger charge is -2.14. The van der Waals surface area contributed by atoms with E-state index in [0.717, 1.165) is 29.8 Å². The molecule has 0 aliphatic heterocycles. The van der Waals surface area contributed by atoms with E-state index < -0.39 is 36.1 Å². The van der Waals surface area contributed by atoms with Crippen LogP contribution in [0.2, 0.25) is 0 Å². The number of carbonyl (C=O) groups is 2. The minimum atomic E-state index is -4.44. The van der Waals surface area contributed by atoms with Crippen LogP contribution < -0.4 is 5.32 Å². The summed E-state index contributed by atoms with van der Waals surface area (Å²) in [6.07, 6.45) is -3.92. The summed E-state index contributed by atoms with van der Waals surface area (Å²) in [7, 11) is 0. The molecule has 0 spiro atoms. The van der Waals surface area contributed by atoms with Crippen LogP contribution in [0.15, 0.2) is 54.6 Å². The highest BCUT2D eigenvalue weighted by molar-refractivity contribution is 5.93. The standard InChI is InChI=1S/C19H18F3NO3/c1-2-16(13-6-4-3-5-7-13)18(25)26-12-17(24)23-15-10-8-14(9-11-15)19(20,21)22/h3-11,16H,2,12H2,1H3,(H,23,24)/t16-/m1/s1. The molecule has 0 radical (unpaired) electrons. The molecule has 138 valence electrons. The lowest BCUT2D eigenvalue weighted by atomic mass is 9.97. The van der Waals surface area contributed by atoms with E-state index in [0.29, 0.717) is 6.42 Å². The minimum Gasteiger partial charge on any atom is -0.455 e. The molecule has 26 heavy (non-hydrogen) atoms. The molecular weight excluding hydrogens is 347 g/mol. The van der Waals surface area contributed by atoms with Crippen molar-refractivity contribution in [3.63, 3.8) is 0 Å². The number of amides is 1. The summed E-state index contributed by atoms with van der Waals surface area (Å²) in [5.74, 6) is -1.63. The summed E-state index contributed by atoms with van der Waals surface area (Å²) in [4.78, 5) is 24.0. The third kappa shape index (κ3) is 5.34. The highest BCUT2D eigenvalue weighted by Crippen LogP contribution is 2.29. The molecular formula is C19H18F3NO3. The molecule has 1 atom stereocenters. The number of hydrogen-bond donors (Lipinski definition) is 1. The lowest BCUT2D eigenvalue weighted by molar-refractivity contribution is -0.149. The first-order chi connectivity index (χ1) is 12.3. The molecule has 0 bridgehead atoms. The number of alkyl halides is 3. The van der Waals surface area contributed by atoms with Crippen LogP contribution in [-0.4, -0.2) is 18.5 Å². The average Bonchev–Trinajstić information content (AvgIpc) is 2.61. The van der Waals surface area contributed by atoms with Crippen molar-refractivity contribution in [3.8, 4) is 0 Å². The molecule has 0 fully saturated rings. The normalized spacial score (nSPS) is 12.3. The fraction of sp³-hybridized carbons (Fsp3) is 0.263. The van der Waals surface area contributed by atoms with Crippen molar-refractivity contribution in [2.45, 2.75) is 25.4 Å². The fourth-order valence-electron chi connectivity index (χ4n) is 2.40. The van der Waals surface area contributed by atoms with Gasteiger partial charge in [0.1, 0.15) is 0 Å². The summed E-state index contributed by atoms with van der Waals surface area (Å²) in [6, 6.07) is 13.1. The van der Waals surface area contributed by atoms with Gasteiger partial charge in [-0.05, 0) is 36.2 Å². The summed E-state index contributed by atoms with van der Waals surface area (Å²) < 4.78 is 42.5. The maximum atomic E-state index is 12.5. The third-order valence-electron chi connectivity index (χ3n) is 3.74. The number of hydrogen-bond acceptors (Lipinski definition) is 3. The minimum absolute atomic E-state index is 0.189. The van der Waals surface area contributed by atoms with Gasteiger partial charge in [0.15, 0.2) is 6.61 Å². The Kier molecular flexibility index (Phi) is 6.38. The number of nitrogens with one attached hydrogen (secondary N) is 1. The molecule has 7 heteroatoms. The molecule has 2 rings (SSSR count). The van der Waals surface area contributed by atoms with Gasteiger partial charge in [-0.15, -0.1) is 0 Å². The predicted octanol–water partition coefficient (Wildman–Crippen LogP) is 4.38. The number of anilines is 1. The highest BCUT2D eigenvalue weighted by atomic mass is 19.4. The van der Waals surface area contributed by atoms with Gasteiger partial charge in [-0.1, -0.05) is 37.3 Å². The van der Waals surface area contributed by atoms with Crippen LogP contribution in [-0.2, 0) is 20.5 Å². The Morgan fingerprint density at radius 2 is 1.65 bits per heavy atom. The second-order valence-electron chi connectivity index (χ2n) is 5.60. The first kappa shape index (κ1) is 19.5. The van der Waals surface area contributed by atoms with Gasteiger partial charge >= 0.3 is 12.1 Å². The summed E-state index contributed by atoms with van der Waals surface area (Å²) in [5.41, 5.74) is 0.174. The number of carbonyl (C=O) groups excluding carboxylic acids is 2.